The van der Waals surface area contributed by atoms with Gasteiger partial charge in [-0.2, -0.15) is 0 Å². The Balaban J connectivity index is 0.00000180. The first-order valence-electron chi connectivity index (χ1n) is 6.00. The predicted molar refractivity (Wildman–Crippen MR) is 78.7 cm³/mol. The van der Waals surface area contributed by atoms with E-state index in [1.807, 2.05) is 6.92 Å². The highest BCUT2D eigenvalue weighted by Gasteiger charge is 2.28. The van der Waals surface area contributed by atoms with Gasteiger partial charge in [-0.25, -0.2) is 4.39 Å². The van der Waals surface area contributed by atoms with E-state index in [4.69, 9.17) is 0 Å². The molecule has 106 valence electrons. The number of benzene rings is 1. The highest BCUT2D eigenvalue weighted by atomic mass is 79.9. The molecule has 0 bridgehead atoms. The number of rotatable bonds is 4. The van der Waals surface area contributed by atoms with Gasteiger partial charge in [-0.15, -0.1) is 12.4 Å². The van der Waals surface area contributed by atoms with Crippen molar-refractivity contribution in [1.29, 1.82) is 0 Å². The molecule has 1 unspecified atom stereocenters. The summed E-state index contributed by atoms with van der Waals surface area (Å²) in [4.78, 5) is 11.9. The highest BCUT2D eigenvalue weighted by molar-refractivity contribution is 9.10. The lowest BCUT2D eigenvalue weighted by molar-refractivity contribution is -0.126. The van der Waals surface area contributed by atoms with Gasteiger partial charge in [0.25, 0.3) is 0 Å². The lowest BCUT2D eigenvalue weighted by Crippen LogP contribution is -2.49. The fraction of sp³-hybridized carbons (Fsp3) is 0.462. The van der Waals surface area contributed by atoms with Crippen molar-refractivity contribution in [3.05, 3.63) is 34.1 Å². The Labute approximate surface area is 126 Å². The van der Waals surface area contributed by atoms with Crippen molar-refractivity contribution in [2.45, 2.75) is 13.5 Å². The molecule has 6 heteroatoms. The second-order valence-electron chi connectivity index (χ2n) is 4.66. The van der Waals surface area contributed by atoms with E-state index in [0.717, 1.165) is 23.1 Å². The number of hydrogen-bond acceptors (Lipinski definition) is 2. The van der Waals surface area contributed by atoms with Crippen molar-refractivity contribution in [3.63, 3.8) is 0 Å². The molecule has 0 saturated carbocycles. The number of carbonyl (C=O) groups is 1. The van der Waals surface area contributed by atoms with Gasteiger partial charge < -0.3 is 10.6 Å². The molecular formula is C13H17BrClFN2O. The van der Waals surface area contributed by atoms with Crippen molar-refractivity contribution in [1.82, 2.24) is 10.6 Å². The number of amides is 1. The average molecular weight is 352 g/mol. The summed E-state index contributed by atoms with van der Waals surface area (Å²) in [7, 11) is 0. The molecule has 1 aliphatic rings. The fourth-order valence-electron chi connectivity index (χ4n) is 1.90. The molecule has 0 spiro atoms. The Morgan fingerprint density at radius 1 is 1.58 bits per heavy atom. The van der Waals surface area contributed by atoms with Crippen LogP contribution in [0.5, 0.6) is 0 Å². The maximum Gasteiger partial charge on any atom is 0.223 e. The zero-order valence-electron chi connectivity index (χ0n) is 10.6. The predicted octanol–water partition coefficient (Wildman–Crippen LogP) is 2.48. The minimum atomic E-state index is -0.293. The standard InChI is InChI=1S/C13H16BrFN2O.ClH/c1-8(10-5-16-6-10)13(18)17-7-9-4-11(15)2-3-12(9)14;/h2-4,8,10,16H,5-7H2,1H3,(H,17,18);1H. The summed E-state index contributed by atoms with van der Waals surface area (Å²) >= 11 is 3.34. The number of carbonyl (C=O) groups excluding carboxylic acids is 1. The molecule has 1 heterocycles. The molecule has 1 amide bonds. The van der Waals surface area contributed by atoms with E-state index < -0.39 is 0 Å². The van der Waals surface area contributed by atoms with Gasteiger partial charge >= 0.3 is 0 Å². The summed E-state index contributed by atoms with van der Waals surface area (Å²) < 4.78 is 13.9. The summed E-state index contributed by atoms with van der Waals surface area (Å²) in [6.45, 7) is 4.08. The summed E-state index contributed by atoms with van der Waals surface area (Å²) in [5.41, 5.74) is 0.752. The zero-order chi connectivity index (χ0) is 13.1. The van der Waals surface area contributed by atoms with Crippen LogP contribution in [0.2, 0.25) is 0 Å². The smallest absolute Gasteiger partial charge is 0.223 e. The molecule has 19 heavy (non-hydrogen) atoms. The van der Waals surface area contributed by atoms with Crippen LogP contribution in [0.25, 0.3) is 0 Å². The van der Waals surface area contributed by atoms with Crippen molar-refractivity contribution >= 4 is 34.2 Å². The third-order valence-electron chi connectivity index (χ3n) is 3.39. The van der Waals surface area contributed by atoms with Crippen LogP contribution in [0.15, 0.2) is 22.7 Å². The van der Waals surface area contributed by atoms with Gasteiger partial charge in [0.2, 0.25) is 5.91 Å². The lowest BCUT2D eigenvalue weighted by Gasteiger charge is -2.31. The highest BCUT2D eigenvalue weighted by Crippen LogP contribution is 2.19. The third kappa shape index (κ3) is 4.16. The van der Waals surface area contributed by atoms with Crippen LogP contribution in [0.3, 0.4) is 0 Å². The molecule has 0 aromatic heterocycles. The second kappa shape index (κ2) is 7.22. The second-order valence-corrected chi connectivity index (χ2v) is 5.51. The Morgan fingerprint density at radius 2 is 2.26 bits per heavy atom. The molecule has 2 rings (SSSR count). The van der Waals surface area contributed by atoms with E-state index >= 15 is 0 Å². The number of nitrogens with one attached hydrogen (secondary N) is 2. The molecule has 1 fully saturated rings. The first-order valence-corrected chi connectivity index (χ1v) is 6.79. The minimum Gasteiger partial charge on any atom is -0.352 e. The van der Waals surface area contributed by atoms with Crippen LogP contribution < -0.4 is 10.6 Å². The first kappa shape index (κ1) is 16.4. The van der Waals surface area contributed by atoms with Crippen LogP contribution in [-0.4, -0.2) is 19.0 Å². The monoisotopic (exact) mass is 350 g/mol. The van der Waals surface area contributed by atoms with E-state index in [9.17, 15) is 9.18 Å². The minimum absolute atomic E-state index is 0. The van der Waals surface area contributed by atoms with Gasteiger partial charge in [-0.3, -0.25) is 4.79 Å². The molecule has 1 aromatic rings. The maximum atomic E-state index is 13.1. The Hall–Kier alpha value is -0.650. The molecule has 0 aliphatic carbocycles. The van der Waals surface area contributed by atoms with Gasteiger partial charge in [-0.05, 0) is 42.8 Å². The number of halogens is 3. The lowest BCUT2D eigenvalue weighted by atomic mass is 9.88. The van der Waals surface area contributed by atoms with Crippen molar-refractivity contribution in [2.24, 2.45) is 11.8 Å². The number of hydrogen-bond donors (Lipinski definition) is 2. The SMILES string of the molecule is CC(C(=O)NCc1cc(F)ccc1Br)C1CNC1.Cl. The van der Waals surface area contributed by atoms with Gasteiger partial charge in [0, 0.05) is 16.9 Å². The summed E-state index contributed by atoms with van der Waals surface area (Å²) in [5.74, 6) is 0.149. The normalized spacial score (nSPS) is 16.2. The van der Waals surface area contributed by atoms with Crippen LogP contribution in [0.4, 0.5) is 4.39 Å². The Kier molecular flexibility index (Phi) is 6.23. The third-order valence-corrected chi connectivity index (χ3v) is 4.17. The van der Waals surface area contributed by atoms with E-state index in [1.54, 1.807) is 6.07 Å². The molecule has 1 aromatic carbocycles. The van der Waals surface area contributed by atoms with Crippen molar-refractivity contribution < 1.29 is 9.18 Å². The van der Waals surface area contributed by atoms with E-state index in [2.05, 4.69) is 26.6 Å². The quantitative estimate of drug-likeness (QED) is 0.875. The van der Waals surface area contributed by atoms with Crippen molar-refractivity contribution in [3.8, 4) is 0 Å². The maximum absolute atomic E-state index is 13.1. The van der Waals surface area contributed by atoms with Gasteiger partial charge in [-0.1, -0.05) is 22.9 Å². The fourth-order valence-corrected chi connectivity index (χ4v) is 2.29. The molecule has 2 N–H and O–H groups in total. The molecule has 1 saturated heterocycles. The summed E-state index contributed by atoms with van der Waals surface area (Å²) in [5, 5.41) is 6.00. The Bertz CT molecular complexity index is 454. The van der Waals surface area contributed by atoms with Crippen LogP contribution in [0.1, 0.15) is 12.5 Å². The molecule has 1 aliphatic heterocycles. The van der Waals surface area contributed by atoms with Gasteiger partial charge in [0.05, 0.1) is 0 Å². The zero-order valence-corrected chi connectivity index (χ0v) is 13.0. The van der Waals surface area contributed by atoms with E-state index in [-0.39, 0.29) is 30.0 Å². The molecule has 0 radical (unpaired) electrons. The first-order chi connectivity index (χ1) is 8.58. The van der Waals surface area contributed by atoms with Gasteiger partial charge in [0.15, 0.2) is 0 Å². The van der Waals surface area contributed by atoms with E-state index in [0.29, 0.717) is 12.5 Å². The van der Waals surface area contributed by atoms with Gasteiger partial charge in [0.1, 0.15) is 5.82 Å². The van der Waals surface area contributed by atoms with Crippen LogP contribution in [0, 0.1) is 17.7 Å². The molecule has 3 nitrogen and oxygen atoms in total. The average Bonchev–Trinajstić information content (AvgIpc) is 2.27. The van der Waals surface area contributed by atoms with Crippen molar-refractivity contribution in [2.75, 3.05) is 13.1 Å². The molecular weight excluding hydrogens is 335 g/mol. The summed E-state index contributed by atoms with van der Waals surface area (Å²) in [6.07, 6.45) is 0. The summed E-state index contributed by atoms with van der Waals surface area (Å²) in [6, 6.07) is 4.47. The van der Waals surface area contributed by atoms with E-state index in [1.165, 1.54) is 12.1 Å². The van der Waals surface area contributed by atoms with Crippen LogP contribution in [-0.2, 0) is 11.3 Å². The Morgan fingerprint density at radius 3 is 2.84 bits per heavy atom. The topological polar surface area (TPSA) is 41.1 Å². The van der Waals surface area contributed by atoms with Crippen LogP contribution >= 0.6 is 28.3 Å². The molecule has 1 atom stereocenters. The largest absolute Gasteiger partial charge is 0.352 e.